The Balaban J connectivity index is 2.23. The SMILES string of the molecule is COCCNC1=CC(Cl)N=CN1. The fraction of sp³-hybridized carbons (Fsp3) is 0.571. The van der Waals surface area contributed by atoms with Crippen LogP contribution < -0.4 is 10.6 Å². The van der Waals surface area contributed by atoms with Gasteiger partial charge in [-0.05, 0) is 6.08 Å². The third kappa shape index (κ3) is 3.11. The van der Waals surface area contributed by atoms with Crippen LogP contribution in [0.5, 0.6) is 0 Å². The number of hydrogen-bond donors (Lipinski definition) is 2. The number of nitrogens with zero attached hydrogens (tertiary/aromatic N) is 1. The van der Waals surface area contributed by atoms with Crippen LogP contribution in [0, 0.1) is 0 Å². The van der Waals surface area contributed by atoms with Crippen LogP contribution in [0.4, 0.5) is 0 Å². The molecule has 2 N–H and O–H groups in total. The minimum Gasteiger partial charge on any atom is -0.383 e. The van der Waals surface area contributed by atoms with E-state index in [1.165, 1.54) is 0 Å². The summed E-state index contributed by atoms with van der Waals surface area (Å²) in [5, 5.41) is 6.03. The minimum absolute atomic E-state index is 0.267. The van der Waals surface area contributed by atoms with E-state index in [1.54, 1.807) is 19.5 Å². The summed E-state index contributed by atoms with van der Waals surface area (Å²) >= 11 is 5.74. The zero-order valence-electron chi connectivity index (χ0n) is 6.88. The van der Waals surface area contributed by atoms with Gasteiger partial charge in [0.15, 0.2) is 0 Å². The highest BCUT2D eigenvalue weighted by Gasteiger charge is 2.03. The topological polar surface area (TPSA) is 45.6 Å². The Bertz CT molecular complexity index is 193. The van der Waals surface area contributed by atoms with Gasteiger partial charge in [-0.1, -0.05) is 11.6 Å². The van der Waals surface area contributed by atoms with E-state index in [9.17, 15) is 0 Å². The molecule has 0 aromatic carbocycles. The summed E-state index contributed by atoms with van der Waals surface area (Å²) in [5.41, 5.74) is -0.267. The maximum atomic E-state index is 5.74. The molecule has 0 aliphatic carbocycles. The molecule has 0 aromatic rings. The van der Waals surface area contributed by atoms with Crippen LogP contribution >= 0.6 is 11.6 Å². The number of methoxy groups -OCH3 is 1. The van der Waals surface area contributed by atoms with Crippen LogP contribution in [0.25, 0.3) is 0 Å². The van der Waals surface area contributed by atoms with Crippen LogP contribution in [0.3, 0.4) is 0 Å². The van der Waals surface area contributed by atoms with Gasteiger partial charge >= 0.3 is 0 Å². The minimum atomic E-state index is -0.267. The Kier molecular flexibility index (Phi) is 3.90. The molecule has 0 spiro atoms. The van der Waals surface area contributed by atoms with Crippen molar-refractivity contribution in [2.45, 2.75) is 5.50 Å². The standard InChI is InChI=1S/C7H12ClN3O/c1-12-3-2-9-7-4-6(8)10-5-11-7/h4-6,9H,2-3H2,1H3,(H,10,11). The molecule has 0 saturated heterocycles. The average molecular weight is 190 g/mol. The van der Waals surface area contributed by atoms with Crippen molar-refractivity contribution < 1.29 is 4.74 Å². The van der Waals surface area contributed by atoms with E-state index in [1.807, 2.05) is 0 Å². The summed E-state index contributed by atoms with van der Waals surface area (Å²) in [6.07, 6.45) is 3.38. The summed E-state index contributed by atoms with van der Waals surface area (Å²) in [7, 11) is 1.66. The molecule has 1 atom stereocenters. The highest BCUT2D eigenvalue weighted by molar-refractivity contribution is 6.22. The molecule has 1 aliphatic rings. The first-order valence-corrected chi connectivity index (χ1v) is 4.13. The predicted molar refractivity (Wildman–Crippen MR) is 49.2 cm³/mol. The normalized spacial score (nSPS) is 21.5. The largest absolute Gasteiger partial charge is 0.383 e. The zero-order valence-corrected chi connectivity index (χ0v) is 7.64. The average Bonchev–Trinajstić information content (AvgIpc) is 2.05. The Labute approximate surface area is 76.6 Å². The second-order valence-electron chi connectivity index (χ2n) is 2.30. The van der Waals surface area contributed by atoms with Gasteiger partial charge in [0, 0.05) is 13.7 Å². The van der Waals surface area contributed by atoms with E-state index in [2.05, 4.69) is 15.6 Å². The molecule has 12 heavy (non-hydrogen) atoms. The lowest BCUT2D eigenvalue weighted by atomic mass is 10.5. The molecule has 0 amide bonds. The molecule has 0 bridgehead atoms. The molecular weight excluding hydrogens is 178 g/mol. The molecule has 5 heteroatoms. The number of hydrogen-bond acceptors (Lipinski definition) is 4. The number of ether oxygens (including phenoxy) is 1. The van der Waals surface area contributed by atoms with E-state index in [4.69, 9.17) is 16.3 Å². The van der Waals surface area contributed by atoms with E-state index in [-0.39, 0.29) is 5.50 Å². The van der Waals surface area contributed by atoms with Crippen molar-refractivity contribution in [3.05, 3.63) is 11.9 Å². The van der Waals surface area contributed by atoms with E-state index in [0.717, 1.165) is 12.4 Å². The molecule has 0 radical (unpaired) electrons. The molecule has 1 heterocycles. The Hall–Kier alpha value is -0.740. The molecule has 68 valence electrons. The summed E-state index contributed by atoms with van der Waals surface area (Å²) in [5.74, 6) is 0.877. The molecule has 4 nitrogen and oxygen atoms in total. The number of alkyl halides is 1. The molecule has 0 aromatic heterocycles. The fourth-order valence-corrected chi connectivity index (χ4v) is 0.987. The smallest absolute Gasteiger partial charge is 0.147 e. The van der Waals surface area contributed by atoms with Crippen molar-refractivity contribution in [2.75, 3.05) is 20.3 Å². The molecule has 1 unspecified atom stereocenters. The van der Waals surface area contributed by atoms with Crippen molar-refractivity contribution in [1.29, 1.82) is 0 Å². The molecule has 1 aliphatic heterocycles. The number of nitrogens with one attached hydrogen (secondary N) is 2. The lowest BCUT2D eigenvalue weighted by Gasteiger charge is -2.14. The first kappa shape index (κ1) is 9.35. The van der Waals surface area contributed by atoms with Gasteiger partial charge < -0.3 is 15.4 Å². The highest BCUT2D eigenvalue weighted by atomic mass is 35.5. The lowest BCUT2D eigenvalue weighted by Crippen LogP contribution is -2.31. The molecule has 0 fully saturated rings. The van der Waals surface area contributed by atoms with Crippen molar-refractivity contribution in [3.63, 3.8) is 0 Å². The van der Waals surface area contributed by atoms with E-state index in [0.29, 0.717) is 6.61 Å². The third-order valence-electron chi connectivity index (χ3n) is 1.36. The fourth-order valence-electron chi connectivity index (χ4n) is 0.804. The van der Waals surface area contributed by atoms with Gasteiger partial charge in [0.1, 0.15) is 11.3 Å². The Morgan fingerprint density at radius 1 is 1.83 bits per heavy atom. The maximum absolute atomic E-state index is 5.74. The van der Waals surface area contributed by atoms with Crippen LogP contribution in [-0.4, -0.2) is 32.1 Å². The Morgan fingerprint density at radius 2 is 2.67 bits per heavy atom. The first-order valence-electron chi connectivity index (χ1n) is 3.70. The van der Waals surface area contributed by atoms with Crippen molar-refractivity contribution >= 4 is 17.9 Å². The molecule has 0 saturated carbocycles. The quantitative estimate of drug-likeness (QED) is 0.379. The monoisotopic (exact) mass is 189 g/mol. The molecule has 1 rings (SSSR count). The highest BCUT2D eigenvalue weighted by Crippen LogP contribution is 2.03. The number of rotatable bonds is 4. The van der Waals surface area contributed by atoms with Gasteiger partial charge in [-0.3, -0.25) is 4.99 Å². The third-order valence-corrected chi connectivity index (χ3v) is 1.60. The van der Waals surface area contributed by atoms with E-state index < -0.39 is 0 Å². The number of halogens is 1. The van der Waals surface area contributed by atoms with Gasteiger partial charge in [0.05, 0.1) is 12.9 Å². The van der Waals surface area contributed by atoms with Gasteiger partial charge in [-0.25, -0.2) is 0 Å². The van der Waals surface area contributed by atoms with Gasteiger partial charge in [-0.2, -0.15) is 0 Å². The van der Waals surface area contributed by atoms with Gasteiger partial charge in [-0.15, -0.1) is 0 Å². The summed E-state index contributed by atoms with van der Waals surface area (Å²) < 4.78 is 4.88. The van der Waals surface area contributed by atoms with Crippen LogP contribution in [-0.2, 0) is 4.74 Å². The number of aliphatic imine (C=N–C) groups is 1. The maximum Gasteiger partial charge on any atom is 0.147 e. The first-order chi connectivity index (χ1) is 5.83. The summed E-state index contributed by atoms with van der Waals surface area (Å²) in [4.78, 5) is 3.89. The van der Waals surface area contributed by atoms with Gasteiger partial charge in [0.25, 0.3) is 0 Å². The Morgan fingerprint density at radius 3 is 3.33 bits per heavy atom. The lowest BCUT2D eigenvalue weighted by molar-refractivity contribution is 0.201. The van der Waals surface area contributed by atoms with Crippen molar-refractivity contribution in [1.82, 2.24) is 10.6 Å². The second kappa shape index (κ2) is 5.00. The van der Waals surface area contributed by atoms with Crippen LogP contribution in [0.1, 0.15) is 0 Å². The van der Waals surface area contributed by atoms with Gasteiger partial charge in [0.2, 0.25) is 0 Å². The molecular formula is C7H12ClN3O. The second-order valence-corrected chi connectivity index (χ2v) is 2.74. The summed E-state index contributed by atoms with van der Waals surface area (Å²) in [6, 6.07) is 0. The predicted octanol–water partition coefficient (Wildman–Crippen LogP) is 0.260. The van der Waals surface area contributed by atoms with Crippen molar-refractivity contribution in [3.8, 4) is 0 Å². The zero-order chi connectivity index (χ0) is 8.81. The van der Waals surface area contributed by atoms with Crippen LogP contribution in [0.15, 0.2) is 16.9 Å². The van der Waals surface area contributed by atoms with E-state index >= 15 is 0 Å². The van der Waals surface area contributed by atoms with Crippen molar-refractivity contribution in [2.24, 2.45) is 4.99 Å². The van der Waals surface area contributed by atoms with Crippen LogP contribution in [0.2, 0.25) is 0 Å². The summed E-state index contributed by atoms with van der Waals surface area (Å²) in [6.45, 7) is 1.43.